The number of aromatic nitrogens is 4. The van der Waals surface area contributed by atoms with E-state index >= 15 is 0 Å². The molecule has 11 aromatic rings. The maximum Gasteiger partial charge on any atom is 0.165 e. The predicted octanol–water partition coefficient (Wildman–Crippen LogP) is 12.5. The summed E-state index contributed by atoms with van der Waals surface area (Å²) in [6.45, 7) is 0. The number of hydrogen-bond acceptors (Lipinski definition) is 6. The van der Waals surface area contributed by atoms with E-state index in [0.717, 1.165) is 70.9 Å². The summed E-state index contributed by atoms with van der Waals surface area (Å²) in [5.74, 6) is 1.89. The zero-order chi connectivity index (χ0) is 34.2. The molecule has 242 valence electrons. The van der Waals surface area contributed by atoms with E-state index in [1.807, 2.05) is 72.8 Å². The number of para-hydroxylation sites is 2. The molecule has 4 aromatic heterocycles. The third kappa shape index (κ3) is 4.48. The Morgan fingerprint density at radius 2 is 1.02 bits per heavy atom. The third-order valence-corrected chi connectivity index (χ3v) is 11.1. The maximum absolute atomic E-state index is 6.23. The quantitative estimate of drug-likeness (QED) is 0.173. The molecule has 0 atom stereocenters. The number of hydrogen-bond donors (Lipinski definition) is 0. The lowest BCUT2D eigenvalue weighted by atomic mass is 9.93. The molecule has 0 bridgehead atoms. The maximum atomic E-state index is 6.23. The average molecular weight is 683 g/mol. The fraction of sp³-hybridized carbons (Fsp3) is 0. The minimum Gasteiger partial charge on any atom is -0.456 e. The molecule has 0 spiro atoms. The topological polar surface area (TPSA) is 64.7 Å². The normalized spacial score (nSPS) is 11.8. The van der Waals surface area contributed by atoms with Crippen molar-refractivity contribution >= 4 is 75.1 Å². The highest BCUT2D eigenvalue weighted by molar-refractivity contribution is 7.26. The monoisotopic (exact) mass is 682 g/mol. The van der Waals surface area contributed by atoms with Crippen LogP contribution in [0.25, 0.3) is 109 Å². The van der Waals surface area contributed by atoms with Crippen molar-refractivity contribution in [2.24, 2.45) is 0 Å². The second-order valence-electron chi connectivity index (χ2n) is 13.0. The molecule has 7 aromatic carbocycles. The minimum absolute atomic E-state index is 0.626. The lowest BCUT2D eigenvalue weighted by molar-refractivity contribution is 0.669. The van der Waals surface area contributed by atoms with E-state index in [1.165, 1.54) is 20.9 Å². The van der Waals surface area contributed by atoms with Gasteiger partial charge < -0.3 is 4.42 Å². The smallest absolute Gasteiger partial charge is 0.165 e. The molecule has 0 aliphatic rings. The van der Waals surface area contributed by atoms with Gasteiger partial charge >= 0.3 is 0 Å². The summed E-state index contributed by atoms with van der Waals surface area (Å²) in [6.07, 6.45) is 0. The standard InChI is InChI=1S/C46H26N4OS/c1-3-13-27(14-4-1)44-48-45(28-15-5-2-6-16-28)50-46(49-44)35-26-34-40(41-32-19-9-12-22-39(32)52-43(35)41)31-18-7-10-20-36(31)47-42(34)29-23-24-38-33(25-29)30-17-8-11-21-37(30)51-38/h1-26H. The summed E-state index contributed by atoms with van der Waals surface area (Å²) in [7, 11) is 0. The Balaban J connectivity index is 1.29. The molecule has 0 fully saturated rings. The molecular formula is C46H26N4OS. The molecule has 0 aliphatic carbocycles. The Kier molecular flexibility index (Phi) is 6.35. The Morgan fingerprint density at radius 3 is 1.79 bits per heavy atom. The Bertz CT molecular complexity index is 3130. The number of benzene rings is 7. The lowest BCUT2D eigenvalue weighted by Crippen LogP contribution is -2.00. The van der Waals surface area contributed by atoms with E-state index in [1.54, 1.807) is 11.3 Å². The van der Waals surface area contributed by atoms with Crippen LogP contribution in [-0.2, 0) is 0 Å². The van der Waals surface area contributed by atoms with Gasteiger partial charge in [-0.1, -0.05) is 115 Å². The molecule has 11 rings (SSSR count). The van der Waals surface area contributed by atoms with Crippen LogP contribution in [0, 0.1) is 0 Å². The number of furan rings is 1. The molecule has 6 heteroatoms. The third-order valence-electron chi connectivity index (χ3n) is 9.90. The van der Waals surface area contributed by atoms with E-state index in [0.29, 0.717) is 17.5 Å². The fourth-order valence-electron chi connectivity index (χ4n) is 7.52. The molecular weight excluding hydrogens is 657 g/mol. The first-order chi connectivity index (χ1) is 25.8. The summed E-state index contributed by atoms with van der Waals surface area (Å²) >= 11 is 1.78. The highest BCUT2D eigenvalue weighted by Crippen LogP contribution is 2.48. The Morgan fingerprint density at radius 1 is 0.404 bits per heavy atom. The molecule has 5 nitrogen and oxygen atoms in total. The van der Waals surface area contributed by atoms with Crippen LogP contribution in [0.15, 0.2) is 162 Å². The minimum atomic E-state index is 0.626. The van der Waals surface area contributed by atoms with Gasteiger partial charge in [0.25, 0.3) is 0 Å². The van der Waals surface area contributed by atoms with Crippen molar-refractivity contribution in [1.82, 2.24) is 19.9 Å². The molecule has 0 saturated carbocycles. The Labute approximate surface area is 301 Å². The van der Waals surface area contributed by atoms with Crippen LogP contribution in [0.4, 0.5) is 0 Å². The van der Waals surface area contributed by atoms with E-state index in [-0.39, 0.29) is 0 Å². The highest BCUT2D eigenvalue weighted by atomic mass is 32.1. The molecule has 0 saturated heterocycles. The van der Waals surface area contributed by atoms with Crippen molar-refractivity contribution < 1.29 is 4.42 Å². The number of thiophene rings is 1. The summed E-state index contributed by atoms with van der Waals surface area (Å²) in [5.41, 5.74) is 7.42. The molecule has 4 heterocycles. The van der Waals surface area contributed by atoms with E-state index in [4.69, 9.17) is 24.4 Å². The number of pyridine rings is 1. The number of rotatable bonds is 4. The van der Waals surface area contributed by atoms with Gasteiger partial charge in [-0.2, -0.15) is 0 Å². The van der Waals surface area contributed by atoms with Gasteiger partial charge in [-0.25, -0.2) is 19.9 Å². The number of nitrogens with zero attached hydrogens (tertiary/aromatic N) is 4. The van der Waals surface area contributed by atoms with Gasteiger partial charge in [0.15, 0.2) is 17.5 Å². The van der Waals surface area contributed by atoms with Gasteiger partial charge in [-0.3, -0.25) is 0 Å². The van der Waals surface area contributed by atoms with Crippen LogP contribution < -0.4 is 0 Å². The molecule has 0 unspecified atom stereocenters. The van der Waals surface area contributed by atoms with Crippen molar-refractivity contribution in [2.45, 2.75) is 0 Å². The van der Waals surface area contributed by atoms with Gasteiger partial charge in [0.05, 0.1) is 11.2 Å². The van der Waals surface area contributed by atoms with Gasteiger partial charge in [0, 0.05) is 69.4 Å². The van der Waals surface area contributed by atoms with Crippen LogP contribution in [0.3, 0.4) is 0 Å². The summed E-state index contributed by atoms with van der Waals surface area (Å²) in [5, 5.41) is 7.87. The van der Waals surface area contributed by atoms with Crippen LogP contribution in [-0.4, -0.2) is 19.9 Å². The van der Waals surface area contributed by atoms with Gasteiger partial charge in [-0.05, 0) is 42.5 Å². The molecule has 0 N–H and O–H groups in total. The van der Waals surface area contributed by atoms with Crippen LogP contribution >= 0.6 is 11.3 Å². The predicted molar refractivity (Wildman–Crippen MR) is 215 cm³/mol. The summed E-state index contributed by atoms with van der Waals surface area (Å²) in [6, 6.07) is 54.3. The van der Waals surface area contributed by atoms with Crippen molar-refractivity contribution in [2.75, 3.05) is 0 Å². The van der Waals surface area contributed by atoms with E-state index in [9.17, 15) is 0 Å². The van der Waals surface area contributed by atoms with Crippen LogP contribution in [0.5, 0.6) is 0 Å². The van der Waals surface area contributed by atoms with Crippen LogP contribution in [0.1, 0.15) is 0 Å². The highest BCUT2D eigenvalue weighted by Gasteiger charge is 2.23. The summed E-state index contributed by atoms with van der Waals surface area (Å²) < 4.78 is 8.57. The van der Waals surface area contributed by atoms with Crippen LogP contribution in [0.2, 0.25) is 0 Å². The lowest BCUT2D eigenvalue weighted by Gasteiger charge is -2.15. The first-order valence-electron chi connectivity index (χ1n) is 17.2. The summed E-state index contributed by atoms with van der Waals surface area (Å²) in [4.78, 5) is 20.8. The van der Waals surface area contributed by atoms with E-state index in [2.05, 4.69) is 84.9 Å². The molecule has 52 heavy (non-hydrogen) atoms. The van der Waals surface area contributed by atoms with Crippen molar-refractivity contribution in [3.05, 3.63) is 158 Å². The molecule has 0 amide bonds. The van der Waals surface area contributed by atoms with Gasteiger partial charge in [-0.15, -0.1) is 11.3 Å². The van der Waals surface area contributed by atoms with Crippen molar-refractivity contribution in [3.8, 4) is 45.4 Å². The zero-order valence-corrected chi connectivity index (χ0v) is 28.4. The Hall–Kier alpha value is -6.76. The SMILES string of the molecule is c1ccc(-c2nc(-c3ccccc3)nc(-c3cc4c(-c5ccc6oc7ccccc7c6c5)nc5ccccc5c4c4c3sc3ccccc34)n2)cc1. The van der Waals surface area contributed by atoms with Crippen molar-refractivity contribution in [3.63, 3.8) is 0 Å². The second kappa shape index (κ2) is 11.4. The zero-order valence-electron chi connectivity index (χ0n) is 27.6. The van der Waals surface area contributed by atoms with Crippen molar-refractivity contribution in [1.29, 1.82) is 0 Å². The first kappa shape index (κ1) is 29.0. The average Bonchev–Trinajstić information content (AvgIpc) is 3.79. The second-order valence-corrected chi connectivity index (χ2v) is 14.0. The largest absolute Gasteiger partial charge is 0.456 e. The van der Waals surface area contributed by atoms with E-state index < -0.39 is 0 Å². The van der Waals surface area contributed by atoms with Gasteiger partial charge in [0.1, 0.15) is 11.2 Å². The fourth-order valence-corrected chi connectivity index (χ4v) is 8.74. The molecule has 0 radical (unpaired) electrons. The van der Waals surface area contributed by atoms with Gasteiger partial charge in [0.2, 0.25) is 0 Å². The first-order valence-corrected chi connectivity index (χ1v) is 18.0. The number of fused-ring (bicyclic) bond motifs is 10. The molecule has 0 aliphatic heterocycles.